The second-order valence-electron chi connectivity index (χ2n) is 3.46. The van der Waals surface area contributed by atoms with Gasteiger partial charge in [0.05, 0.1) is 6.61 Å². The minimum absolute atomic E-state index is 0.141. The standard InChI is InChI=1S/C12H16O4/c1-4-15-12(14)9(3)6-10-5-8(2)11(7-13)16-10/h5-6,13H,4,7H2,1-3H3/b9-6-. The Hall–Kier alpha value is -1.55. The van der Waals surface area contributed by atoms with Gasteiger partial charge in [0.1, 0.15) is 18.1 Å². The van der Waals surface area contributed by atoms with Crippen molar-refractivity contribution in [3.05, 3.63) is 28.7 Å². The van der Waals surface area contributed by atoms with Crippen molar-refractivity contribution in [3.63, 3.8) is 0 Å². The second-order valence-corrected chi connectivity index (χ2v) is 3.46. The van der Waals surface area contributed by atoms with Crippen molar-refractivity contribution in [1.29, 1.82) is 0 Å². The highest BCUT2D eigenvalue weighted by Gasteiger charge is 2.08. The number of esters is 1. The number of carbonyl (C=O) groups is 1. The molecule has 0 bridgehead atoms. The summed E-state index contributed by atoms with van der Waals surface area (Å²) < 4.78 is 10.2. The van der Waals surface area contributed by atoms with Crippen molar-refractivity contribution in [3.8, 4) is 0 Å². The van der Waals surface area contributed by atoms with Gasteiger partial charge in [0, 0.05) is 5.57 Å². The van der Waals surface area contributed by atoms with Gasteiger partial charge in [-0.05, 0) is 38.5 Å². The van der Waals surface area contributed by atoms with Gasteiger partial charge in [-0.1, -0.05) is 0 Å². The molecule has 0 unspecified atom stereocenters. The van der Waals surface area contributed by atoms with E-state index in [-0.39, 0.29) is 12.6 Å². The molecule has 1 aromatic heterocycles. The molecule has 88 valence electrons. The first-order valence-electron chi connectivity index (χ1n) is 5.14. The quantitative estimate of drug-likeness (QED) is 0.628. The largest absolute Gasteiger partial charge is 0.463 e. The molecule has 1 aromatic rings. The molecule has 0 aliphatic rings. The predicted molar refractivity (Wildman–Crippen MR) is 59.7 cm³/mol. The highest BCUT2D eigenvalue weighted by Crippen LogP contribution is 2.17. The molecular weight excluding hydrogens is 208 g/mol. The van der Waals surface area contributed by atoms with E-state index in [2.05, 4.69) is 0 Å². The summed E-state index contributed by atoms with van der Waals surface area (Å²) in [7, 11) is 0. The Morgan fingerprint density at radius 3 is 2.81 bits per heavy atom. The van der Waals surface area contributed by atoms with E-state index in [1.54, 1.807) is 26.0 Å². The van der Waals surface area contributed by atoms with Crippen molar-refractivity contribution < 1.29 is 19.1 Å². The first-order valence-corrected chi connectivity index (χ1v) is 5.14. The number of aryl methyl sites for hydroxylation is 1. The van der Waals surface area contributed by atoms with Crippen LogP contribution in [0.4, 0.5) is 0 Å². The fourth-order valence-corrected chi connectivity index (χ4v) is 1.29. The van der Waals surface area contributed by atoms with Crippen LogP contribution in [0, 0.1) is 6.92 Å². The van der Waals surface area contributed by atoms with E-state index in [1.165, 1.54) is 0 Å². The van der Waals surface area contributed by atoms with Crippen LogP contribution in [-0.2, 0) is 16.1 Å². The maximum atomic E-state index is 11.3. The van der Waals surface area contributed by atoms with Crippen molar-refractivity contribution >= 4 is 12.0 Å². The molecule has 1 heterocycles. The molecule has 16 heavy (non-hydrogen) atoms. The average molecular weight is 224 g/mol. The molecule has 4 heteroatoms. The van der Waals surface area contributed by atoms with Crippen LogP contribution in [0.5, 0.6) is 0 Å². The summed E-state index contributed by atoms with van der Waals surface area (Å²) in [5, 5.41) is 8.95. The number of aliphatic hydroxyl groups excluding tert-OH is 1. The molecule has 0 amide bonds. The van der Waals surface area contributed by atoms with Gasteiger partial charge in [-0.15, -0.1) is 0 Å². The molecule has 0 aliphatic carbocycles. The van der Waals surface area contributed by atoms with Crippen LogP contribution < -0.4 is 0 Å². The first kappa shape index (κ1) is 12.5. The van der Waals surface area contributed by atoms with Gasteiger partial charge in [-0.2, -0.15) is 0 Å². The van der Waals surface area contributed by atoms with Crippen LogP contribution >= 0.6 is 0 Å². The highest BCUT2D eigenvalue weighted by molar-refractivity contribution is 5.92. The van der Waals surface area contributed by atoms with Crippen molar-refractivity contribution in [1.82, 2.24) is 0 Å². The average Bonchev–Trinajstić information content (AvgIpc) is 2.59. The third kappa shape index (κ3) is 2.97. The fraction of sp³-hybridized carbons (Fsp3) is 0.417. The summed E-state index contributed by atoms with van der Waals surface area (Å²) in [6.07, 6.45) is 1.60. The molecule has 4 nitrogen and oxygen atoms in total. The van der Waals surface area contributed by atoms with E-state index in [4.69, 9.17) is 14.3 Å². The molecular formula is C12H16O4. The predicted octanol–water partition coefficient (Wildman–Crippen LogP) is 2.05. The molecule has 1 rings (SSSR count). The number of aliphatic hydroxyl groups is 1. The van der Waals surface area contributed by atoms with Gasteiger partial charge in [-0.3, -0.25) is 0 Å². The monoisotopic (exact) mass is 224 g/mol. The Kier molecular flexibility index (Phi) is 4.31. The number of carbonyl (C=O) groups excluding carboxylic acids is 1. The summed E-state index contributed by atoms with van der Waals surface area (Å²) in [4.78, 5) is 11.3. The van der Waals surface area contributed by atoms with Gasteiger partial charge in [0.25, 0.3) is 0 Å². The van der Waals surface area contributed by atoms with Gasteiger partial charge in [0.2, 0.25) is 0 Å². The van der Waals surface area contributed by atoms with Crippen molar-refractivity contribution in [2.45, 2.75) is 27.4 Å². The molecule has 0 saturated heterocycles. The van der Waals surface area contributed by atoms with Crippen molar-refractivity contribution in [2.24, 2.45) is 0 Å². The van der Waals surface area contributed by atoms with Crippen LogP contribution in [0.25, 0.3) is 6.08 Å². The molecule has 0 radical (unpaired) electrons. The lowest BCUT2D eigenvalue weighted by molar-refractivity contribution is -0.138. The zero-order valence-electron chi connectivity index (χ0n) is 9.74. The highest BCUT2D eigenvalue weighted by atomic mass is 16.5. The summed E-state index contributed by atoms with van der Waals surface area (Å²) in [5.41, 5.74) is 1.34. The lowest BCUT2D eigenvalue weighted by atomic mass is 10.2. The van der Waals surface area contributed by atoms with Gasteiger partial charge in [-0.25, -0.2) is 4.79 Å². The Morgan fingerprint density at radius 1 is 1.62 bits per heavy atom. The molecule has 0 fully saturated rings. The zero-order chi connectivity index (χ0) is 12.1. The molecule has 0 atom stereocenters. The zero-order valence-corrected chi connectivity index (χ0v) is 9.74. The topological polar surface area (TPSA) is 59.7 Å². The Morgan fingerprint density at radius 2 is 2.31 bits per heavy atom. The third-order valence-electron chi connectivity index (χ3n) is 2.14. The van der Waals surface area contributed by atoms with E-state index in [0.717, 1.165) is 5.56 Å². The Labute approximate surface area is 94.5 Å². The molecule has 1 N–H and O–H groups in total. The molecule has 0 spiro atoms. The van der Waals surface area contributed by atoms with Crippen LogP contribution in [0.15, 0.2) is 16.1 Å². The number of ether oxygens (including phenoxy) is 1. The first-order chi connectivity index (χ1) is 7.58. The lowest BCUT2D eigenvalue weighted by Crippen LogP contribution is -2.04. The number of furan rings is 1. The molecule has 0 aromatic carbocycles. The van der Waals surface area contributed by atoms with Crippen LogP contribution in [0.3, 0.4) is 0 Å². The van der Waals surface area contributed by atoms with E-state index in [1.807, 2.05) is 6.92 Å². The van der Waals surface area contributed by atoms with E-state index in [0.29, 0.717) is 23.7 Å². The van der Waals surface area contributed by atoms with E-state index in [9.17, 15) is 4.79 Å². The fourth-order valence-electron chi connectivity index (χ4n) is 1.29. The van der Waals surface area contributed by atoms with Gasteiger partial charge >= 0.3 is 5.97 Å². The van der Waals surface area contributed by atoms with Gasteiger partial charge < -0.3 is 14.3 Å². The Balaban J connectivity index is 2.85. The number of rotatable bonds is 4. The smallest absolute Gasteiger partial charge is 0.333 e. The minimum Gasteiger partial charge on any atom is -0.463 e. The van der Waals surface area contributed by atoms with Crippen molar-refractivity contribution in [2.75, 3.05) is 6.61 Å². The molecule has 0 aliphatic heterocycles. The summed E-state index contributed by atoms with van der Waals surface area (Å²) in [6, 6.07) is 1.77. The SMILES string of the molecule is CCOC(=O)/C(C)=C\c1cc(C)c(CO)o1. The van der Waals surface area contributed by atoms with Gasteiger partial charge in [0.15, 0.2) is 0 Å². The van der Waals surface area contributed by atoms with Crippen LogP contribution in [0.2, 0.25) is 0 Å². The van der Waals surface area contributed by atoms with Crippen LogP contribution in [-0.4, -0.2) is 17.7 Å². The van der Waals surface area contributed by atoms with Crippen LogP contribution in [0.1, 0.15) is 30.9 Å². The van der Waals surface area contributed by atoms with E-state index >= 15 is 0 Å². The maximum absolute atomic E-state index is 11.3. The third-order valence-corrected chi connectivity index (χ3v) is 2.14. The minimum atomic E-state index is -0.359. The maximum Gasteiger partial charge on any atom is 0.333 e. The number of hydrogen-bond acceptors (Lipinski definition) is 4. The normalized spacial score (nSPS) is 11.6. The number of hydrogen-bond donors (Lipinski definition) is 1. The lowest BCUT2D eigenvalue weighted by Gasteiger charge is -1.99. The summed E-state index contributed by atoms with van der Waals surface area (Å²) in [5.74, 6) is 0.706. The second kappa shape index (κ2) is 5.51. The summed E-state index contributed by atoms with van der Waals surface area (Å²) >= 11 is 0. The Bertz CT molecular complexity index is 401. The molecule has 0 saturated carbocycles. The summed E-state index contributed by atoms with van der Waals surface area (Å²) in [6.45, 7) is 5.47. The van der Waals surface area contributed by atoms with E-state index < -0.39 is 0 Å².